The Balaban J connectivity index is 2.77. The largest absolute Gasteiger partial charge is 0.272 e. The summed E-state index contributed by atoms with van der Waals surface area (Å²) in [6.07, 6.45) is 3.85. The molecule has 0 spiro atoms. The minimum absolute atomic E-state index is 0.000000000000000444. The van der Waals surface area contributed by atoms with Crippen LogP contribution in [0, 0.1) is 11.8 Å². The van der Waals surface area contributed by atoms with Gasteiger partial charge in [-0.25, -0.2) is 4.99 Å². The van der Waals surface area contributed by atoms with Crippen molar-refractivity contribution in [2.24, 2.45) is 16.8 Å². The standard InChI is InChI=1S/C9H13NO/c1-6(2)8-5-4-7(3)10-9(8)11/h4-6,8H,1-3H3. The van der Waals surface area contributed by atoms with Crippen LogP contribution in [0.15, 0.2) is 17.1 Å². The van der Waals surface area contributed by atoms with Crippen molar-refractivity contribution in [3.8, 4) is 0 Å². The minimum Gasteiger partial charge on any atom is -0.272 e. The number of aliphatic imine (C=N–C) groups is 1. The maximum Gasteiger partial charge on any atom is 0.253 e. The molecule has 1 aliphatic rings. The van der Waals surface area contributed by atoms with Crippen molar-refractivity contribution < 1.29 is 4.79 Å². The molecule has 0 aromatic carbocycles. The first-order valence-corrected chi connectivity index (χ1v) is 3.88. The van der Waals surface area contributed by atoms with Gasteiger partial charge in [0.25, 0.3) is 5.91 Å². The predicted octanol–water partition coefficient (Wildman–Crippen LogP) is 1.82. The van der Waals surface area contributed by atoms with Crippen molar-refractivity contribution in [1.29, 1.82) is 0 Å². The molecule has 2 heteroatoms. The van der Waals surface area contributed by atoms with E-state index in [1.807, 2.05) is 32.9 Å². The van der Waals surface area contributed by atoms with Gasteiger partial charge in [-0.1, -0.05) is 19.9 Å². The Morgan fingerprint density at radius 3 is 2.64 bits per heavy atom. The van der Waals surface area contributed by atoms with Crippen molar-refractivity contribution in [3.05, 3.63) is 12.2 Å². The summed E-state index contributed by atoms with van der Waals surface area (Å²) < 4.78 is 0. The highest BCUT2D eigenvalue weighted by Crippen LogP contribution is 2.17. The number of hydrogen-bond acceptors (Lipinski definition) is 1. The van der Waals surface area contributed by atoms with Gasteiger partial charge in [-0.2, -0.15) is 0 Å². The molecule has 0 saturated carbocycles. The molecule has 2 nitrogen and oxygen atoms in total. The van der Waals surface area contributed by atoms with Crippen molar-refractivity contribution >= 4 is 11.6 Å². The fourth-order valence-corrected chi connectivity index (χ4v) is 1.12. The second-order valence-corrected chi connectivity index (χ2v) is 3.22. The first-order chi connectivity index (χ1) is 5.11. The number of nitrogens with zero attached hydrogens (tertiary/aromatic N) is 1. The lowest BCUT2D eigenvalue weighted by atomic mass is 9.93. The van der Waals surface area contributed by atoms with E-state index in [1.54, 1.807) is 0 Å². The lowest BCUT2D eigenvalue weighted by Crippen LogP contribution is -2.20. The summed E-state index contributed by atoms with van der Waals surface area (Å²) >= 11 is 0. The van der Waals surface area contributed by atoms with Crippen LogP contribution in [0.1, 0.15) is 20.8 Å². The molecule has 0 aliphatic carbocycles. The maximum absolute atomic E-state index is 11.2. The normalized spacial score (nSPS) is 24.2. The van der Waals surface area contributed by atoms with Crippen LogP contribution in [0.25, 0.3) is 0 Å². The van der Waals surface area contributed by atoms with Gasteiger partial charge in [-0.05, 0) is 18.9 Å². The second-order valence-electron chi connectivity index (χ2n) is 3.22. The molecule has 0 aromatic rings. The molecular formula is C9H13NO. The van der Waals surface area contributed by atoms with Crippen LogP contribution in [0.2, 0.25) is 0 Å². The number of carbonyl (C=O) groups excluding carboxylic acids is 1. The van der Waals surface area contributed by atoms with E-state index in [0.29, 0.717) is 5.92 Å². The summed E-state index contributed by atoms with van der Waals surface area (Å²) in [6, 6.07) is 0. The lowest BCUT2D eigenvalue weighted by molar-refractivity contribution is -0.121. The molecule has 0 N–H and O–H groups in total. The minimum atomic E-state index is -0.00120. The number of dihydropyridines is 1. The third-order valence-corrected chi connectivity index (χ3v) is 1.83. The molecule has 1 rings (SSSR count). The van der Waals surface area contributed by atoms with E-state index in [4.69, 9.17) is 0 Å². The molecule has 1 heterocycles. The topological polar surface area (TPSA) is 29.4 Å². The van der Waals surface area contributed by atoms with E-state index >= 15 is 0 Å². The number of carbonyl (C=O) groups is 1. The molecule has 0 bridgehead atoms. The molecule has 0 fully saturated rings. The van der Waals surface area contributed by atoms with Crippen LogP contribution in [-0.4, -0.2) is 11.6 Å². The SMILES string of the molecule is CC1=NC(=O)C(C(C)C)C=C1. The van der Waals surface area contributed by atoms with Crippen LogP contribution < -0.4 is 0 Å². The number of rotatable bonds is 1. The van der Waals surface area contributed by atoms with Crippen molar-refractivity contribution in [2.75, 3.05) is 0 Å². The second kappa shape index (κ2) is 2.99. The van der Waals surface area contributed by atoms with Crippen LogP contribution in [0.5, 0.6) is 0 Å². The molecule has 11 heavy (non-hydrogen) atoms. The average Bonchev–Trinajstić information content (AvgIpc) is 1.85. The highest BCUT2D eigenvalue weighted by Gasteiger charge is 2.20. The third kappa shape index (κ3) is 1.76. The molecule has 1 amide bonds. The predicted molar refractivity (Wildman–Crippen MR) is 45.6 cm³/mol. The van der Waals surface area contributed by atoms with Crippen molar-refractivity contribution in [3.63, 3.8) is 0 Å². The first kappa shape index (κ1) is 8.18. The molecule has 0 radical (unpaired) electrons. The van der Waals surface area contributed by atoms with E-state index in [1.165, 1.54) is 0 Å². The van der Waals surface area contributed by atoms with E-state index in [2.05, 4.69) is 4.99 Å². The fraction of sp³-hybridized carbons (Fsp3) is 0.556. The Bertz CT molecular complexity index is 226. The number of allylic oxidation sites excluding steroid dienone is 1. The van der Waals surface area contributed by atoms with Crippen LogP contribution in [-0.2, 0) is 4.79 Å². The molecule has 1 unspecified atom stereocenters. The average molecular weight is 151 g/mol. The molecule has 0 saturated heterocycles. The monoisotopic (exact) mass is 151 g/mol. The number of amides is 1. The van der Waals surface area contributed by atoms with Gasteiger partial charge in [0.05, 0.1) is 5.92 Å². The Morgan fingerprint density at radius 1 is 1.55 bits per heavy atom. The zero-order valence-electron chi connectivity index (χ0n) is 7.16. The van der Waals surface area contributed by atoms with Crippen molar-refractivity contribution in [2.45, 2.75) is 20.8 Å². The Hall–Kier alpha value is -0.920. The van der Waals surface area contributed by atoms with Crippen LogP contribution in [0.3, 0.4) is 0 Å². The number of hydrogen-bond donors (Lipinski definition) is 0. The molecule has 0 aromatic heterocycles. The summed E-state index contributed by atoms with van der Waals surface area (Å²) in [6.45, 7) is 5.90. The first-order valence-electron chi connectivity index (χ1n) is 3.88. The summed E-state index contributed by atoms with van der Waals surface area (Å²) in [5, 5.41) is 0. The third-order valence-electron chi connectivity index (χ3n) is 1.83. The molecular weight excluding hydrogens is 138 g/mol. The quantitative estimate of drug-likeness (QED) is 0.562. The van der Waals surface area contributed by atoms with Gasteiger partial charge < -0.3 is 0 Å². The summed E-state index contributed by atoms with van der Waals surface area (Å²) in [5.74, 6) is 0.356. The summed E-state index contributed by atoms with van der Waals surface area (Å²) in [5.41, 5.74) is 0.812. The van der Waals surface area contributed by atoms with Crippen molar-refractivity contribution in [1.82, 2.24) is 0 Å². The Labute approximate surface area is 67.0 Å². The van der Waals surface area contributed by atoms with Gasteiger partial charge in [0.15, 0.2) is 0 Å². The molecule has 60 valence electrons. The Morgan fingerprint density at radius 2 is 2.18 bits per heavy atom. The van der Waals surface area contributed by atoms with E-state index in [9.17, 15) is 4.79 Å². The van der Waals surface area contributed by atoms with Gasteiger partial charge in [0, 0.05) is 5.71 Å². The van der Waals surface area contributed by atoms with Gasteiger partial charge in [0.2, 0.25) is 0 Å². The zero-order chi connectivity index (χ0) is 8.43. The van der Waals surface area contributed by atoms with Gasteiger partial charge >= 0.3 is 0 Å². The summed E-state index contributed by atoms with van der Waals surface area (Å²) in [7, 11) is 0. The van der Waals surface area contributed by atoms with Crippen LogP contribution >= 0.6 is 0 Å². The van der Waals surface area contributed by atoms with E-state index in [0.717, 1.165) is 5.71 Å². The highest BCUT2D eigenvalue weighted by atomic mass is 16.1. The zero-order valence-corrected chi connectivity index (χ0v) is 7.16. The van der Waals surface area contributed by atoms with E-state index in [-0.39, 0.29) is 11.8 Å². The summed E-state index contributed by atoms with van der Waals surface area (Å²) in [4.78, 5) is 15.1. The van der Waals surface area contributed by atoms with Gasteiger partial charge in [-0.15, -0.1) is 0 Å². The smallest absolute Gasteiger partial charge is 0.253 e. The Kier molecular flexibility index (Phi) is 2.22. The van der Waals surface area contributed by atoms with E-state index < -0.39 is 0 Å². The maximum atomic E-state index is 11.2. The lowest BCUT2D eigenvalue weighted by Gasteiger charge is -2.15. The molecule has 1 aliphatic heterocycles. The highest BCUT2D eigenvalue weighted by molar-refractivity contribution is 6.04. The van der Waals surface area contributed by atoms with Crippen LogP contribution in [0.4, 0.5) is 0 Å². The van der Waals surface area contributed by atoms with Gasteiger partial charge in [-0.3, -0.25) is 4.79 Å². The fourth-order valence-electron chi connectivity index (χ4n) is 1.12. The molecule has 1 atom stereocenters. The van der Waals surface area contributed by atoms with Gasteiger partial charge in [0.1, 0.15) is 0 Å².